The zero-order chi connectivity index (χ0) is 17.8. The first-order chi connectivity index (χ1) is 12.1. The van der Waals surface area contributed by atoms with E-state index in [0.29, 0.717) is 11.3 Å². The fourth-order valence-electron chi connectivity index (χ4n) is 2.76. The van der Waals surface area contributed by atoms with Crippen LogP contribution in [0.15, 0.2) is 60.9 Å². The van der Waals surface area contributed by atoms with Crippen LogP contribution in [0.25, 0.3) is 10.8 Å². The topological polar surface area (TPSA) is 51.7 Å². The highest BCUT2D eigenvalue weighted by Crippen LogP contribution is 2.36. The molecule has 1 unspecified atom stereocenters. The van der Waals surface area contributed by atoms with Crippen molar-refractivity contribution < 1.29 is 14.3 Å². The molecule has 3 rings (SSSR count). The van der Waals surface area contributed by atoms with Crippen LogP contribution < -0.4 is 4.74 Å². The quantitative estimate of drug-likeness (QED) is 0.722. The maximum Gasteiger partial charge on any atom is 0.410 e. The van der Waals surface area contributed by atoms with Crippen LogP contribution in [0, 0.1) is 0 Å². The van der Waals surface area contributed by atoms with E-state index in [2.05, 4.69) is 4.98 Å². The predicted octanol–water partition coefficient (Wildman–Crippen LogP) is 4.03. The Morgan fingerprint density at radius 1 is 1.04 bits per heavy atom. The summed E-state index contributed by atoms with van der Waals surface area (Å²) in [6.07, 6.45) is 2.28. The van der Waals surface area contributed by atoms with Gasteiger partial charge in [-0.1, -0.05) is 42.5 Å². The van der Waals surface area contributed by atoms with E-state index < -0.39 is 12.2 Å². The first kappa shape index (κ1) is 16.8. The van der Waals surface area contributed by atoms with Crippen molar-refractivity contribution in [3.05, 3.63) is 72.1 Å². The van der Waals surface area contributed by atoms with Gasteiger partial charge >= 0.3 is 6.09 Å². The van der Waals surface area contributed by atoms with Crippen molar-refractivity contribution in [1.82, 2.24) is 9.88 Å². The molecule has 0 aliphatic carbocycles. The van der Waals surface area contributed by atoms with Gasteiger partial charge in [0.05, 0.1) is 12.7 Å². The number of nitrogens with zero attached hydrogens (tertiary/aromatic N) is 2. The summed E-state index contributed by atoms with van der Waals surface area (Å²) in [5.41, 5.74) is 1.59. The number of methoxy groups -OCH3 is 1. The second-order valence-corrected chi connectivity index (χ2v) is 5.84. The Hall–Kier alpha value is -3.08. The first-order valence-electron chi connectivity index (χ1n) is 7.95. The van der Waals surface area contributed by atoms with Gasteiger partial charge in [0.25, 0.3) is 0 Å². The number of hydrogen-bond acceptors (Lipinski definition) is 4. The maximum absolute atomic E-state index is 12.3. The molecule has 0 saturated heterocycles. The number of hydrogen-bond donors (Lipinski definition) is 0. The minimum Gasteiger partial charge on any atom is -0.496 e. The van der Waals surface area contributed by atoms with Crippen LogP contribution in [0.4, 0.5) is 4.79 Å². The summed E-state index contributed by atoms with van der Waals surface area (Å²) in [7, 11) is 4.90. The highest BCUT2D eigenvalue weighted by Gasteiger charge is 2.25. The predicted molar refractivity (Wildman–Crippen MR) is 96.7 cm³/mol. The lowest BCUT2D eigenvalue weighted by atomic mass is 9.96. The summed E-state index contributed by atoms with van der Waals surface area (Å²) in [6, 6.07) is 15.7. The molecule has 0 radical (unpaired) electrons. The van der Waals surface area contributed by atoms with Crippen LogP contribution in [0.1, 0.15) is 17.2 Å². The van der Waals surface area contributed by atoms with Gasteiger partial charge in [0.1, 0.15) is 5.75 Å². The summed E-state index contributed by atoms with van der Waals surface area (Å²) in [6.45, 7) is 0. The van der Waals surface area contributed by atoms with Crippen molar-refractivity contribution in [2.24, 2.45) is 0 Å². The Labute approximate surface area is 146 Å². The SMILES string of the molecule is COc1ccncc1C(OC(=O)N(C)C)c1cccc2ccccc12. The molecule has 1 heterocycles. The van der Waals surface area contributed by atoms with Gasteiger partial charge in [-0.3, -0.25) is 4.98 Å². The van der Waals surface area contributed by atoms with Gasteiger partial charge in [0.15, 0.2) is 6.10 Å². The maximum atomic E-state index is 12.3. The molecule has 1 amide bonds. The molecule has 1 atom stereocenters. The Balaban J connectivity index is 2.18. The monoisotopic (exact) mass is 336 g/mol. The minimum atomic E-state index is -0.621. The number of carbonyl (C=O) groups is 1. The van der Waals surface area contributed by atoms with Gasteiger partial charge in [-0.05, 0) is 16.8 Å². The number of rotatable bonds is 4. The Morgan fingerprint density at radius 3 is 2.56 bits per heavy atom. The van der Waals surface area contributed by atoms with E-state index in [1.165, 1.54) is 4.90 Å². The number of aromatic nitrogens is 1. The fourth-order valence-corrected chi connectivity index (χ4v) is 2.76. The Bertz CT molecular complexity index is 888. The zero-order valence-electron chi connectivity index (χ0n) is 14.5. The number of pyridine rings is 1. The van der Waals surface area contributed by atoms with E-state index in [-0.39, 0.29) is 0 Å². The summed E-state index contributed by atoms with van der Waals surface area (Å²) in [5, 5.41) is 2.10. The van der Waals surface area contributed by atoms with E-state index >= 15 is 0 Å². The standard InChI is InChI=1S/C20H20N2O3/c1-22(2)20(23)25-19(17-13-21-12-11-18(17)24-3)16-10-6-8-14-7-4-5-9-15(14)16/h4-13,19H,1-3H3. The number of amides is 1. The summed E-state index contributed by atoms with van der Waals surface area (Å²) in [5.74, 6) is 0.625. The minimum absolute atomic E-state index is 0.427. The van der Waals surface area contributed by atoms with E-state index in [1.807, 2.05) is 42.5 Å². The lowest BCUT2D eigenvalue weighted by Gasteiger charge is -2.23. The normalized spacial score (nSPS) is 11.8. The molecular formula is C20H20N2O3. The van der Waals surface area contributed by atoms with Crippen LogP contribution >= 0.6 is 0 Å². The molecule has 0 spiro atoms. The third kappa shape index (κ3) is 3.40. The van der Waals surface area contributed by atoms with Gasteiger partial charge in [-0.2, -0.15) is 0 Å². The van der Waals surface area contributed by atoms with E-state index in [4.69, 9.17) is 9.47 Å². The molecule has 0 aliphatic rings. The van der Waals surface area contributed by atoms with Crippen molar-refractivity contribution in [3.8, 4) is 5.75 Å². The molecule has 5 nitrogen and oxygen atoms in total. The molecule has 5 heteroatoms. The fraction of sp³-hybridized carbons (Fsp3) is 0.200. The number of carbonyl (C=O) groups excluding carboxylic acids is 1. The third-order valence-electron chi connectivity index (χ3n) is 4.00. The van der Waals surface area contributed by atoms with Crippen molar-refractivity contribution in [1.29, 1.82) is 0 Å². The number of fused-ring (bicyclic) bond motifs is 1. The molecule has 0 bridgehead atoms. The van der Waals surface area contributed by atoms with Crippen molar-refractivity contribution in [2.75, 3.05) is 21.2 Å². The van der Waals surface area contributed by atoms with Gasteiger partial charge in [0.2, 0.25) is 0 Å². The zero-order valence-corrected chi connectivity index (χ0v) is 14.5. The summed E-state index contributed by atoms with van der Waals surface area (Å²) < 4.78 is 11.3. The first-order valence-corrected chi connectivity index (χ1v) is 7.95. The second kappa shape index (κ2) is 7.21. The second-order valence-electron chi connectivity index (χ2n) is 5.84. The molecule has 1 aromatic heterocycles. The van der Waals surface area contributed by atoms with Gasteiger partial charge in [0, 0.05) is 32.1 Å². The largest absolute Gasteiger partial charge is 0.496 e. The van der Waals surface area contributed by atoms with Crippen LogP contribution in [0.5, 0.6) is 5.75 Å². The smallest absolute Gasteiger partial charge is 0.410 e. The van der Waals surface area contributed by atoms with E-state index in [0.717, 1.165) is 16.3 Å². The van der Waals surface area contributed by atoms with Crippen LogP contribution in [-0.2, 0) is 4.74 Å². The third-order valence-corrected chi connectivity index (χ3v) is 4.00. The van der Waals surface area contributed by atoms with Crippen molar-refractivity contribution in [2.45, 2.75) is 6.10 Å². The average molecular weight is 336 g/mol. The van der Waals surface area contributed by atoms with Gasteiger partial charge in [-0.15, -0.1) is 0 Å². The van der Waals surface area contributed by atoms with Crippen molar-refractivity contribution in [3.63, 3.8) is 0 Å². The highest BCUT2D eigenvalue weighted by molar-refractivity contribution is 5.86. The average Bonchev–Trinajstić information content (AvgIpc) is 2.65. The van der Waals surface area contributed by atoms with E-state index in [1.54, 1.807) is 39.7 Å². The van der Waals surface area contributed by atoms with Gasteiger partial charge < -0.3 is 14.4 Å². The van der Waals surface area contributed by atoms with Crippen LogP contribution in [0.2, 0.25) is 0 Å². The molecule has 2 aromatic carbocycles. The highest BCUT2D eigenvalue weighted by atomic mass is 16.6. The number of ether oxygens (including phenoxy) is 2. The summed E-state index contributed by atoms with van der Waals surface area (Å²) >= 11 is 0. The Kier molecular flexibility index (Phi) is 4.84. The molecule has 0 fully saturated rings. The summed E-state index contributed by atoms with van der Waals surface area (Å²) in [4.78, 5) is 17.9. The number of benzene rings is 2. The molecule has 0 N–H and O–H groups in total. The van der Waals surface area contributed by atoms with E-state index in [9.17, 15) is 4.79 Å². The van der Waals surface area contributed by atoms with Crippen LogP contribution in [0.3, 0.4) is 0 Å². The molecule has 128 valence electrons. The van der Waals surface area contributed by atoms with Crippen LogP contribution in [-0.4, -0.2) is 37.2 Å². The lowest BCUT2D eigenvalue weighted by molar-refractivity contribution is 0.0903. The lowest BCUT2D eigenvalue weighted by Crippen LogP contribution is -2.25. The van der Waals surface area contributed by atoms with Crippen molar-refractivity contribution >= 4 is 16.9 Å². The molecule has 25 heavy (non-hydrogen) atoms. The Morgan fingerprint density at radius 2 is 1.80 bits per heavy atom. The molecule has 3 aromatic rings. The molecule has 0 aliphatic heterocycles. The molecule has 0 saturated carbocycles. The molecular weight excluding hydrogens is 316 g/mol. The van der Waals surface area contributed by atoms with Gasteiger partial charge in [-0.25, -0.2) is 4.79 Å².